The molecule has 0 heterocycles. The molecule has 0 bridgehead atoms. The van der Waals surface area contributed by atoms with Crippen LogP contribution in [-0.2, 0) is 0 Å². The summed E-state index contributed by atoms with van der Waals surface area (Å²) in [7, 11) is 0. The molecule has 0 aromatic heterocycles. The predicted molar refractivity (Wildman–Crippen MR) is 89.3 cm³/mol. The summed E-state index contributed by atoms with van der Waals surface area (Å²) in [6.45, 7) is 2.30. The largest absolute Gasteiger partial charge is 0.508 e. The first-order valence-corrected chi connectivity index (χ1v) is 8.21. The monoisotopic (exact) mass is 296 g/mol. The molecule has 0 amide bonds. The third kappa shape index (κ3) is 3.27. The molecule has 2 heteroatoms. The van der Waals surface area contributed by atoms with Gasteiger partial charge in [-0.15, -0.1) is 0 Å². The van der Waals surface area contributed by atoms with Gasteiger partial charge >= 0.3 is 0 Å². The van der Waals surface area contributed by atoms with Crippen LogP contribution in [0.25, 0.3) is 0 Å². The predicted octanol–water partition coefficient (Wildman–Crippen LogP) is 5.18. The maximum Gasteiger partial charge on any atom is 0.115 e. The lowest BCUT2D eigenvalue weighted by molar-refractivity contribution is 0.286. The first kappa shape index (κ1) is 15.0. The van der Waals surface area contributed by atoms with Crippen molar-refractivity contribution in [1.29, 1.82) is 0 Å². The van der Waals surface area contributed by atoms with Crippen LogP contribution in [0.5, 0.6) is 11.5 Å². The lowest BCUT2D eigenvalue weighted by Crippen LogP contribution is -2.19. The van der Waals surface area contributed by atoms with E-state index >= 15 is 0 Å². The van der Waals surface area contributed by atoms with Crippen molar-refractivity contribution in [1.82, 2.24) is 0 Å². The van der Waals surface area contributed by atoms with Crippen molar-refractivity contribution in [2.24, 2.45) is 5.92 Å². The summed E-state index contributed by atoms with van der Waals surface area (Å²) in [5.41, 5.74) is 2.66. The molecule has 2 nitrogen and oxygen atoms in total. The van der Waals surface area contributed by atoms with Gasteiger partial charge in [-0.05, 0) is 72.4 Å². The Bertz CT molecular complexity index is 557. The van der Waals surface area contributed by atoms with E-state index in [0.717, 1.165) is 0 Å². The molecule has 1 aliphatic rings. The van der Waals surface area contributed by atoms with E-state index in [-0.39, 0.29) is 0 Å². The van der Waals surface area contributed by atoms with Crippen molar-refractivity contribution in [3.8, 4) is 11.5 Å². The number of rotatable bonds is 3. The Morgan fingerprint density at radius 3 is 2.09 bits per heavy atom. The molecule has 0 radical (unpaired) electrons. The molecule has 1 aliphatic carbocycles. The molecule has 1 fully saturated rings. The fraction of sp³-hybridized carbons (Fsp3) is 0.400. The first-order valence-electron chi connectivity index (χ1n) is 8.21. The van der Waals surface area contributed by atoms with Crippen LogP contribution in [0.2, 0.25) is 0 Å². The summed E-state index contributed by atoms with van der Waals surface area (Å²) in [5.74, 6) is 2.46. The molecule has 116 valence electrons. The van der Waals surface area contributed by atoms with E-state index in [0.29, 0.717) is 29.3 Å². The summed E-state index contributed by atoms with van der Waals surface area (Å²) in [6.07, 6.45) is 4.98. The van der Waals surface area contributed by atoms with Gasteiger partial charge in [0.2, 0.25) is 0 Å². The molecular weight excluding hydrogens is 272 g/mol. The number of benzene rings is 2. The smallest absolute Gasteiger partial charge is 0.115 e. The van der Waals surface area contributed by atoms with Crippen LogP contribution in [0.3, 0.4) is 0 Å². The Kier molecular flexibility index (Phi) is 4.37. The quantitative estimate of drug-likeness (QED) is 0.819. The van der Waals surface area contributed by atoms with Crippen LogP contribution in [0, 0.1) is 5.92 Å². The van der Waals surface area contributed by atoms with Crippen LogP contribution < -0.4 is 0 Å². The molecule has 3 rings (SSSR count). The van der Waals surface area contributed by atoms with E-state index in [1.54, 1.807) is 24.3 Å². The minimum absolute atomic E-state index is 0.335. The molecule has 2 aromatic carbocycles. The highest BCUT2D eigenvalue weighted by Crippen LogP contribution is 2.42. The summed E-state index contributed by atoms with van der Waals surface area (Å²) in [5, 5.41) is 18.9. The number of hydrogen-bond acceptors (Lipinski definition) is 2. The van der Waals surface area contributed by atoms with Gasteiger partial charge in [0, 0.05) is 0 Å². The molecule has 22 heavy (non-hydrogen) atoms. The third-order valence-corrected chi connectivity index (χ3v) is 5.21. The molecule has 1 saturated carbocycles. The maximum atomic E-state index is 9.45. The lowest BCUT2D eigenvalue weighted by Gasteiger charge is -2.33. The van der Waals surface area contributed by atoms with Crippen molar-refractivity contribution in [2.75, 3.05) is 0 Å². The van der Waals surface area contributed by atoms with Crippen LogP contribution in [0.15, 0.2) is 48.5 Å². The number of hydrogen-bond donors (Lipinski definition) is 2. The minimum Gasteiger partial charge on any atom is -0.508 e. The number of phenols is 2. The average molecular weight is 296 g/mol. The van der Waals surface area contributed by atoms with Gasteiger partial charge in [0.25, 0.3) is 0 Å². The third-order valence-electron chi connectivity index (χ3n) is 5.21. The molecule has 0 spiro atoms. The molecule has 3 atom stereocenters. The number of phenolic OH excluding ortho intramolecular Hbond substituents is 2. The summed E-state index contributed by atoms with van der Waals surface area (Å²) in [4.78, 5) is 0. The molecule has 2 aromatic rings. The van der Waals surface area contributed by atoms with Crippen molar-refractivity contribution < 1.29 is 10.2 Å². The lowest BCUT2D eigenvalue weighted by atomic mass is 9.72. The van der Waals surface area contributed by atoms with Crippen LogP contribution in [0.1, 0.15) is 55.6 Å². The van der Waals surface area contributed by atoms with Gasteiger partial charge in [-0.3, -0.25) is 0 Å². The highest BCUT2D eigenvalue weighted by Gasteiger charge is 2.27. The standard InChI is InChI=1S/C20H24O2/c1-14(15-5-9-19(21)10-6-15)17-3-2-4-18(13-17)16-7-11-20(22)12-8-16/h5-12,14,17-18,21-22H,2-4,13H2,1H3. The molecule has 3 unspecified atom stereocenters. The minimum atomic E-state index is 0.335. The fourth-order valence-corrected chi connectivity index (χ4v) is 3.78. The zero-order valence-corrected chi connectivity index (χ0v) is 13.1. The van der Waals surface area contributed by atoms with Gasteiger partial charge in [-0.1, -0.05) is 37.6 Å². The van der Waals surface area contributed by atoms with Crippen molar-refractivity contribution >= 4 is 0 Å². The van der Waals surface area contributed by atoms with Crippen LogP contribution in [0.4, 0.5) is 0 Å². The van der Waals surface area contributed by atoms with Crippen LogP contribution >= 0.6 is 0 Å². The van der Waals surface area contributed by atoms with Crippen molar-refractivity contribution in [3.63, 3.8) is 0 Å². The molecule has 0 aliphatic heterocycles. The van der Waals surface area contributed by atoms with E-state index in [4.69, 9.17) is 0 Å². The SMILES string of the molecule is CC(c1ccc(O)cc1)C1CCCC(c2ccc(O)cc2)C1. The summed E-state index contributed by atoms with van der Waals surface area (Å²) >= 11 is 0. The van der Waals surface area contributed by atoms with Crippen LogP contribution in [-0.4, -0.2) is 10.2 Å². The Balaban J connectivity index is 1.72. The fourth-order valence-electron chi connectivity index (χ4n) is 3.78. The second kappa shape index (κ2) is 6.43. The highest BCUT2D eigenvalue weighted by atomic mass is 16.3. The normalized spacial score (nSPS) is 23.1. The molecule has 0 saturated heterocycles. The second-order valence-electron chi connectivity index (χ2n) is 6.60. The van der Waals surface area contributed by atoms with E-state index in [2.05, 4.69) is 19.1 Å². The van der Waals surface area contributed by atoms with E-state index in [1.807, 2.05) is 12.1 Å². The van der Waals surface area contributed by atoms with Gasteiger partial charge in [-0.25, -0.2) is 0 Å². The van der Waals surface area contributed by atoms with Gasteiger partial charge in [0.05, 0.1) is 0 Å². The Morgan fingerprint density at radius 1 is 0.864 bits per heavy atom. The maximum absolute atomic E-state index is 9.45. The Morgan fingerprint density at radius 2 is 1.45 bits per heavy atom. The average Bonchev–Trinajstić information content (AvgIpc) is 2.56. The van der Waals surface area contributed by atoms with Crippen molar-refractivity contribution in [2.45, 2.75) is 44.4 Å². The van der Waals surface area contributed by atoms with E-state index in [9.17, 15) is 10.2 Å². The topological polar surface area (TPSA) is 40.5 Å². The molecular formula is C20H24O2. The summed E-state index contributed by atoms with van der Waals surface area (Å²) in [6, 6.07) is 15.4. The molecule has 2 N–H and O–H groups in total. The van der Waals surface area contributed by atoms with E-state index in [1.165, 1.54) is 36.8 Å². The van der Waals surface area contributed by atoms with E-state index < -0.39 is 0 Å². The van der Waals surface area contributed by atoms with Gasteiger partial charge in [0.1, 0.15) is 11.5 Å². The Hall–Kier alpha value is -1.96. The van der Waals surface area contributed by atoms with Crippen molar-refractivity contribution in [3.05, 3.63) is 59.7 Å². The first-order chi connectivity index (χ1) is 10.6. The zero-order valence-electron chi connectivity index (χ0n) is 13.1. The summed E-state index contributed by atoms with van der Waals surface area (Å²) < 4.78 is 0. The zero-order chi connectivity index (χ0) is 15.5. The highest BCUT2D eigenvalue weighted by molar-refractivity contribution is 5.30. The number of aromatic hydroxyl groups is 2. The second-order valence-corrected chi connectivity index (χ2v) is 6.60. The van der Waals surface area contributed by atoms with Gasteiger partial charge < -0.3 is 10.2 Å². The van der Waals surface area contributed by atoms with Gasteiger partial charge in [-0.2, -0.15) is 0 Å². The van der Waals surface area contributed by atoms with Gasteiger partial charge in [0.15, 0.2) is 0 Å². The Labute approximate surface area is 132 Å².